The average Bonchev–Trinajstić information content (AvgIpc) is 2.92. The van der Waals surface area contributed by atoms with Crippen LogP contribution in [0, 0.1) is 18.3 Å². The summed E-state index contributed by atoms with van der Waals surface area (Å²) in [5.74, 6) is 0.568. The van der Waals surface area contributed by atoms with Crippen molar-refractivity contribution < 1.29 is 4.79 Å². The second-order valence-corrected chi connectivity index (χ2v) is 8.84. The summed E-state index contributed by atoms with van der Waals surface area (Å²) in [5, 5.41) is 12.1. The number of nitrogens with one attached hydrogen (secondary N) is 1. The summed E-state index contributed by atoms with van der Waals surface area (Å²) >= 11 is 0. The first-order chi connectivity index (χ1) is 17.6. The number of hydrogen-bond donors (Lipinski definition) is 1. The van der Waals surface area contributed by atoms with Gasteiger partial charge < -0.3 is 10.2 Å². The number of nitriles is 1. The van der Waals surface area contributed by atoms with Crippen molar-refractivity contribution in [1.82, 2.24) is 19.9 Å². The van der Waals surface area contributed by atoms with Crippen LogP contribution in [0.4, 0.5) is 10.5 Å². The van der Waals surface area contributed by atoms with Gasteiger partial charge in [0.2, 0.25) is 0 Å². The lowest BCUT2D eigenvalue weighted by Crippen LogP contribution is -2.39. The third-order valence-electron chi connectivity index (χ3n) is 6.47. The third kappa shape index (κ3) is 4.66. The van der Waals surface area contributed by atoms with Crippen LogP contribution >= 0.6 is 0 Å². The molecule has 0 aliphatic carbocycles. The summed E-state index contributed by atoms with van der Waals surface area (Å²) in [6.45, 7) is 5.13. The Kier molecular flexibility index (Phi) is 6.42. The maximum Gasteiger partial charge on any atom is 0.322 e. The number of hydrogen-bond acceptors (Lipinski definition) is 5. The Morgan fingerprint density at radius 3 is 2.72 bits per heavy atom. The first-order valence-corrected chi connectivity index (χ1v) is 12.0. The maximum atomic E-state index is 13.2. The molecule has 36 heavy (non-hydrogen) atoms. The molecule has 178 valence electrons. The molecule has 2 aromatic carbocycles. The predicted molar refractivity (Wildman–Crippen MR) is 139 cm³/mol. The first kappa shape index (κ1) is 23.2. The molecule has 7 nitrogen and oxygen atoms in total. The van der Waals surface area contributed by atoms with E-state index in [1.54, 1.807) is 12.3 Å². The van der Waals surface area contributed by atoms with Gasteiger partial charge in [0.15, 0.2) is 5.82 Å². The average molecular weight is 475 g/mol. The lowest BCUT2D eigenvalue weighted by molar-refractivity contribution is 0.206. The second kappa shape index (κ2) is 9.96. The van der Waals surface area contributed by atoms with Crippen LogP contribution in [0.3, 0.4) is 0 Å². The van der Waals surface area contributed by atoms with Crippen molar-refractivity contribution >= 4 is 11.7 Å². The van der Waals surface area contributed by atoms with Gasteiger partial charge in [-0.3, -0.25) is 0 Å². The molecule has 2 aromatic heterocycles. The highest BCUT2D eigenvalue weighted by molar-refractivity contribution is 5.89. The molecule has 4 aromatic rings. The highest BCUT2D eigenvalue weighted by Gasteiger charge is 2.27. The van der Waals surface area contributed by atoms with E-state index < -0.39 is 0 Å². The van der Waals surface area contributed by atoms with E-state index in [-0.39, 0.29) is 6.03 Å². The predicted octanol–water partition coefficient (Wildman–Crippen LogP) is 5.54. The summed E-state index contributed by atoms with van der Waals surface area (Å²) in [6.07, 6.45) is 3.17. The molecule has 0 radical (unpaired) electrons. The fraction of sp³-hybridized carbons (Fsp3) is 0.207. The number of nitrogens with zero attached hydrogens (tertiary/aromatic N) is 5. The minimum Gasteiger partial charge on any atom is -0.320 e. The summed E-state index contributed by atoms with van der Waals surface area (Å²) in [4.78, 5) is 29.0. The van der Waals surface area contributed by atoms with Crippen LogP contribution in [0.25, 0.3) is 22.6 Å². The van der Waals surface area contributed by atoms with Gasteiger partial charge in [-0.05, 0) is 48.7 Å². The molecule has 7 heteroatoms. The zero-order valence-corrected chi connectivity index (χ0v) is 20.3. The molecule has 0 spiro atoms. The Hall–Kier alpha value is -4.57. The van der Waals surface area contributed by atoms with Crippen molar-refractivity contribution in [3.8, 4) is 28.7 Å². The van der Waals surface area contributed by atoms with Gasteiger partial charge in [-0.1, -0.05) is 43.3 Å². The molecule has 5 rings (SSSR count). The number of aryl methyl sites for hydroxylation is 2. The van der Waals surface area contributed by atoms with Crippen LogP contribution in [0.15, 0.2) is 66.9 Å². The normalized spacial score (nSPS) is 12.5. The van der Waals surface area contributed by atoms with Gasteiger partial charge in [0.05, 0.1) is 17.9 Å². The minimum atomic E-state index is -0.134. The molecule has 3 heterocycles. The SMILES string of the molecule is CCc1cccc(NC(=O)N2CCc3nc(-c4ccc(C#N)nc4)nc(-c4ccccc4C)c3C2)c1. The Balaban J connectivity index is 1.51. The van der Waals surface area contributed by atoms with Crippen molar-refractivity contribution in [3.63, 3.8) is 0 Å². The first-order valence-electron chi connectivity index (χ1n) is 12.0. The fourth-order valence-electron chi connectivity index (χ4n) is 4.44. The molecule has 0 saturated heterocycles. The number of fused-ring (bicyclic) bond motifs is 1. The molecular formula is C29H26N6O. The van der Waals surface area contributed by atoms with E-state index in [0.717, 1.165) is 45.7 Å². The standard InChI is InChI=1S/C29H26N6O/c1-3-20-8-6-9-22(15-20)32-29(36)35-14-13-26-25(18-35)27(24-10-5-4-7-19(24)2)34-28(33-26)21-11-12-23(16-30)31-17-21/h4-12,15,17H,3,13-14,18H2,1-2H3,(H,32,36). The van der Waals surface area contributed by atoms with Gasteiger partial charge in [-0.25, -0.2) is 19.7 Å². The van der Waals surface area contributed by atoms with Gasteiger partial charge in [-0.15, -0.1) is 0 Å². The Morgan fingerprint density at radius 2 is 1.97 bits per heavy atom. The number of anilines is 1. The van der Waals surface area contributed by atoms with Gasteiger partial charge in [0.25, 0.3) is 0 Å². The number of carbonyl (C=O) groups is 1. The number of urea groups is 1. The fourth-order valence-corrected chi connectivity index (χ4v) is 4.44. The van der Waals surface area contributed by atoms with E-state index in [4.69, 9.17) is 15.2 Å². The Morgan fingerprint density at radius 1 is 1.11 bits per heavy atom. The van der Waals surface area contributed by atoms with E-state index in [0.29, 0.717) is 31.0 Å². The van der Waals surface area contributed by atoms with Crippen molar-refractivity contribution in [2.75, 3.05) is 11.9 Å². The number of benzene rings is 2. The molecular weight excluding hydrogens is 448 g/mol. The molecule has 0 fully saturated rings. The van der Waals surface area contributed by atoms with E-state index in [1.807, 2.05) is 53.4 Å². The van der Waals surface area contributed by atoms with Crippen LogP contribution in [-0.4, -0.2) is 32.4 Å². The summed E-state index contributed by atoms with van der Waals surface area (Å²) in [6, 6.07) is 21.4. The minimum absolute atomic E-state index is 0.134. The van der Waals surface area contributed by atoms with Gasteiger partial charge in [0.1, 0.15) is 11.8 Å². The monoisotopic (exact) mass is 474 g/mol. The molecule has 0 bridgehead atoms. The number of carbonyl (C=O) groups excluding carboxylic acids is 1. The largest absolute Gasteiger partial charge is 0.322 e. The molecule has 1 N–H and O–H groups in total. The van der Waals surface area contributed by atoms with Crippen molar-refractivity contribution in [2.45, 2.75) is 33.2 Å². The maximum absolute atomic E-state index is 13.2. The number of rotatable bonds is 4. The van der Waals surface area contributed by atoms with Gasteiger partial charge in [0, 0.05) is 41.5 Å². The number of amides is 2. The molecule has 2 amide bonds. The Labute approximate surface area is 210 Å². The van der Waals surface area contributed by atoms with Crippen LogP contribution < -0.4 is 5.32 Å². The zero-order valence-electron chi connectivity index (χ0n) is 20.3. The Bertz CT molecular complexity index is 1470. The van der Waals surface area contributed by atoms with E-state index in [9.17, 15) is 4.79 Å². The van der Waals surface area contributed by atoms with Crippen molar-refractivity contribution in [3.05, 3.63) is 94.9 Å². The van der Waals surface area contributed by atoms with Gasteiger partial charge >= 0.3 is 6.03 Å². The number of pyridine rings is 1. The van der Waals surface area contributed by atoms with E-state index in [1.165, 1.54) is 5.56 Å². The summed E-state index contributed by atoms with van der Waals surface area (Å²) < 4.78 is 0. The topological polar surface area (TPSA) is 94.8 Å². The van der Waals surface area contributed by atoms with Crippen molar-refractivity contribution in [2.24, 2.45) is 0 Å². The molecule has 1 aliphatic heterocycles. The molecule has 1 aliphatic rings. The third-order valence-corrected chi connectivity index (χ3v) is 6.47. The quantitative estimate of drug-likeness (QED) is 0.419. The van der Waals surface area contributed by atoms with Crippen LogP contribution in [0.5, 0.6) is 0 Å². The summed E-state index contributed by atoms with van der Waals surface area (Å²) in [7, 11) is 0. The van der Waals surface area contributed by atoms with Crippen molar-refractivity contribution in [1.29, 1.82) is 5.26 Å². The number of aromatic nitrogens is 3. The molecule has 0 atom stereocenters. The summed E-state index contributed by atoms with van der Waals surface area (Å²) in [5.41, 5.74) is 7.89. The molecule has 0 unspecified atom stereocenters. The highest BCUT2D eigenvalue weighted by atomic mass is 16.2. The second-order valence-electron chi connectivity index (χ2n) is 8.84. The smallest absolute Gasteiger partial charge is 0.320 e. The van der Waals surface area contributed by atoms with Crippen LogP contribution in [0.1, 0.15) is 35.0 Å². The molecule has 0 saturated carbocycles. The lowest BCUT2D eigenvalue weighted by atomic mass is 9.96. The van der Waals surface area contributed by atoms with Crippen LogP contribution in [0.2, 0.25) is 0 Å². The van der Waals surface area contributed by atoms with E-state index >= 15 is 0 Å². The lowest BCUT2D eigenvalue weighted by Gasteiger charge is -2.30. The van der Waals surface area contributed by atoms with E-state index in [2.05, 4.69) is 36.3 Å². The zero-order chi connectivity index (χ0) is 25.1. The van der Waals surface area contributed by atoms with Gasteiger partial charge in [-0.2, -0.15) is 5.26 Å². The van der Waals surface area contributed by atoms with Crippen LogP contribution in [-0.2, 0) is 19.4 Å². The highest BCUT2D eigenvalue weighted by Crippen LogP contribution is 2.32.